The molecule has 0 unspecified atom stereocenters. The first-order chi connectivity index (χ1) is 8.22. The van der Waals surface area contributed by atoms with E-state index >= 15 is 0 Å². The summed E-state index contributed by atoms with van der Waals surface area (Å²) < 4.78 is 5.13. The molecule has 0 radical (unpaired) electrons. The third-order valence-corrected chi connectivity index (χ3v) is 2.30. The van der Waals surface area contributed by atoms with Gasteiger partial charge in [-0.2, -0.15) is 0 Å². The van der Waals surface area contributed by atoms with E-state index in [9.17, 15) is 4.79 Å². The van der Waals surface area contributed by atoms with Crippen LogP contribution in [0.3, 0.4) is 0 Å². The van der Waals surface area contributed by atoms with Gasteiger partial charge in [0, 0.05) is 18.8 Å². The predicted molar refractivity (Wildman–Crippen MR) is 75.9 cm³/mol. The Morgan fingerprint density at radius 1 is 1.33 bits per heavy atom. The number of benzene rings is 1. The van der Waals surface area contributed by atoms with Crippen molar-refractivity contribution in [2.45, 2.75) is 19.8 Å². The Labute approximate surface area is 114 Å². The molecular weight excluding hydrogens is 252 g/mol. The van der Waals surface area contributed by atoms with Gasteiger partial charge < -0.3 is 15.8 Å². The lowest BCUT2D eigenvalue weighted by Crippen LogP contribution is -2.29. The number of carbonyl (C=O) groups is 1. The second-order valence-electron chi connectivity index (χ2n) is 3.89. The molecule has 0 saturated heterocycles. The molecule has 1 aromatic carbocycles. The van der Waals surface area contributed by atoms with E-state index in [2.05, 4.69) is 5.32 Å². The van der Waals surface area contributed by atoms with Gasteiger partial charge in [0.05, 0.1) is 0 Å². The van der Waals surface area contributed by atoms with Crippen LogP contribution in [0.25, 0.3) is 0 Å². The molecule has 3 N–H and O–H groups in total. The Kier molecular flexibility index (Phi) is 9.06. The van der Waals surface area contributed by atoms with Crippen molar-refractivity contribution < 1.29 is 9.53 Å². The number of amides is 1. The van der Waals surface area contributed by atoms with Crippen LogP contribution in [-0.2, 0) is 16.0 Å². The zero-order valence-electron chi connectivity index (χ0n) is 10.6. The molecule has 0 aliphatic rings. The maximum atomic E-state index is 11.3. The standard InChI is InChI=1S/C13H20N2O2.ClH/c1-2-9-17-10-13(16)15-8-7-11-3-5-12(14)6-4-11;/h3-6H,2,7-10,14H2,1H3,(H,15,16);1H. The second-order valence-corrected chi connectivity index (χ2v) is 3.89. The molecule has 0 atom stereocenters. The van der Waals surface area contributed by atoms with Crippen LogP contribution >= 0.6 is 12.4 Å². The van der Waals surface area contributed by atoms with E-state index in [-0.39, 0.29) is 24.9 Å². The van der Waals surface area contributed by atoms with E-state index in [0.717, 1.165) is 24.1 Å². The van der Waals surface area contributed by atoms with Crippen LogP contribution in [0.5, 0.6) is 0 Å². The molecule has 0 bridgehead atoms. The molecule has 1 aromatic rings. The molecule has 0 heterocycles. The normalized spacial score (nSPS) is 9.61. The Morgan fingerprint density at radius 2 is 2.00 bits per heavy atom. The van der Waals surface area contributed by atoms with Gasteiger partial charge in [0.15, 0.2) is 0 Å². The highest BCUT2D eigenvalue weighted by Crippen LogP contribution is 2.05. The fourth-order valence-corrected chi connectivity index (χ4v) is 1.39. The number of halogens is 1. The minimum Gasteiger partial charge on any atom is -0.399 e. The maximum absolute atomic E-state index is 11.3. The van der Waals surface area contributed by atoms with Crippen LogP contribution in [0.4, 0.5) is 5.69 Å². The van der Waals surface area contributed by atoms with E-state index in [4.69, 9.17) is 10.5 Å². The third kappa shape index (κ3) is 7.14. The van der Waals surface area contributed by atoms with E-state index in [1.807, 2.05) is 31.2 Å². The van der Waals surface area contributed by atoms with Gasteiger partial charge >= 0.3 is 0 Å². The molecule has 0 saturated carbocycles. The first-order valence-corrected chi connectivity index (χ1v) is 5.91. The molecule has 0 spiro atoms. The predicted octanol–water partition coefficient (Wildman–Crippen LogP) is 1.78. The number of nitrogen functional groups attached to an aromatic ring is 1. The van der Waals surface area contributed by atoms with Gasteiger partial charge in [-0.3, -0.25) is 4.79 Å². The van der Waals surface area contributed by atoms with Crippen LogP contribution < -0.4 is 11.1 Å². The molecule has 5 heteroatoms. The summed E-state index contributed by atoms with van der Waals surface area (Å²) in [5.41, 5.74) is 7.50. The highest BCUT2D eigenvalue weighted by atomic mass is 35.5. The monoisotopic (exact) mass is 272 g/mol. The van der Waals surface area contributed by atoms with Crippen molar-refractivity contribution >= 4 is 24.0 Å². The van der Waals surface area contributed by atoms with Crippen LogP contribution in [0.1, 0.15) is 18.9 Å². The van der Waals surface area contributed by atoms with Crippen LogP contribution in [0.2, 0.25) is 0 Å². The molecule has 1 amide bonds. The largest absolute Gasteiger partial charge is 0.399 e. The zero-order chi connectivity index (χ0) is 12.5. The summed E-state index contributed by atoms with van der Waals surface area (Å²) in [4.78, 5) is 11.3. The van der Waals surface area contributed by atoms with Gasteiger partial charge in [-0.25, -0.2) is 0 Å². The number of hydrogen-bond donors (Lipinski definition) is 2. The number of nitrogens with one attached hydrogen (secondary N) is 1. The van der Waals surface area contributed by atoms with E-state index in [1.54, 1.807) is 0 Å². The summed E-state index contributed by atoms with van der Waals surface area (Å²) >= 11 is 0. The molecule has 102 valence electrons. The summed E-state index contributed by atoms with van der Waals surface area (Å²) in [7, 11) is 0. The third-order valence-electron chi connectivity index (χ3n) is 2.30. The van der Waals surface area contributed by atoms with Crippen LogP contribution in [0, 0.1) is 0 Å². The number of hydrogen-bond acceptors (Lipinski definition) is 3. The van der Waals surface area contributed by atoms with E-state index in [0.29, 0.717) is 13.2 Å². The van der Waals surface area contributed by atoms with Crippen LogP contribution in [-0.4, -0.2) is 25.7 Å². The lowest BCUT2D eigenvalue weighted by Gasteiger charge is -2.06. The number of carbonyl (C=O) groups excluding carboxylic acids is 1. The van der Waals surface area contributed by atoms with Crippen molar-refractivity contribution in [2.75, 3.05) is 25.5 Å². The lowest BCUT2D eigenvalue weighted by molar-refractivity contribution is -0.125. The smallest absolute Gasteiger partial charge is 0.246 e. The highest BCUT2D eigenvalue weighted by Gasteiger charge is 2.00. The van der Waals surface area contributed by atoms with Crippen molar-refractivity contribution in [1.82, 2.24) is 5.32 Å². The van der Waals surface area contributed by atoms with Crippen LogP contribution in [0.15, 0.2) is 24.3 Å². The molecular formula is C13H21ClN2O2. The van der Waals surface area contributed by atoms with E-state index < -0.39 is 0 Å². The molecule has 1 rings (SSSR count). The van der Waals surface area contributed by atoms with Gasteiger partial charge in [-0.05, 0) is 30.5 Å². The number of nitrogens with two attached hydrogens (primary N) is 1. The van der Waals surface area contributed by atoms with Crippen molar-refractivity contribution in [3.8, 4) is 0 Å². The minimum absolute atomic E-state index is 0. The quantitative estimate of drug-likeness (QED) is 0.587. The topological polar surface area (TPSA) is 64.3 Å². The van der Waals surface area contributed by atoms with Gasteiger partial charge in [-0.1, -0.05) is 19.1 Å². The van der Waals surface area contributed by atoms with Crippen molar-refractivity contribution in [3.05, 3.63) is 29.8 Å². The Bertz CT molecular complexity index is 341. The minimum atomic E-state index is -0.0612. The fourth-order valence-electron chi connectivity index (χ4n) is 1.39. The van der Waals surface area contributed by atoms with Gasteiger partial charge in [-0.15, -0.1) is 12.4 Å². The molecule has 0 fully saturated rings. The summed E-state index contributed by atoms with van der Waals surface area (Å²) in [5.74, 6) is -0.0612. The molecule has 0 aromatic heterocycles. The molecule has 0 aliphatic carbocycles. The SMILES string of the molecule is CCCOCC(=O)NCCc1ccc(N)cc1.Cl. The van der Waals surface area contributed by atoms with Crippen molar-refractivity contribution in [3.63, 3.8) is 0 Å². The molecule has 18 heavy (non-hydrogen) atoms. The average molecular weight is 273 g/mol. The lowest BCUT2D eigenvalue weighted by atomic mass is 10.1. The second kappa shape index (κ2) is 9.74. The van der Waals surface area contributed by atoms with Gasteiger partial charge in [0.2, 0.25) is 5.91 Å². The Hall–Kier alpha value is -1.26. The van der Waals surface area contributed by atoms with Crippen molar-refractivity contribution in [1.29, 1.82) is 0 Å². The van der Waals surface area contributed by atoms with Gasteiger partial charge in [0.25, 0.3) is 0 Å². The number of ether oxygens (including phenoxy) is 1. The fraction of sp³-hybridized carbons (Fsp3) is 0.462. The zero-order valence-corrected chi connectivity index (χ0v) is 11.5. The molecule has 0 aliphatic heterocycles. The summed E-state index contributed by atoms with van der Waals surface area (Å²) in [6.45, 7) is 3.41. The van der Waals surface area contributed by atoms with Gasteiger partial charge in [0.1, 0.15) is 6.61 Å². The Balaban J connectivity index is 0.00000289. The number of rotatable bonds is 7. The highest BCUT2D eigenvalue weighted by molar-refractivity contribution is 5.85. The maximum Gasteiger partial charge on any atom is 0.246 e. The summed E-state index contributed by atoms with van der Waals surface area (Å²) in [6.07, 6.45) is 1.73. The van der Waals surface area contributed by atoms with Crippen molar-refractivity contribution in [2.24, 2.45) is 0 Å². The Morgan fingerprint density at radius 3 is 2.61 bits per heavy atom. The molecule has 4 nitrogen and oxygen atoms in total. The first kappa shape index (κ1) is 16.7. The van der Waals surface area contributed by atoms with E-state index in [1.165, 1.54) is 0 Å². The average Bonchev–Trinajstić information content (AvgIpc) is 2.32. The first-order valence-electron chi connectivity index (χ1n) is 5.91. The summed E-state index contributed by atoms with van der Waals surface area (Å²) in [5, 5.41) is 2.81. The summed E-state index contributed by atoms with van der Waals surface area (Å²) in [6, 6.07) is 7.66. The number of anilines is 1.